The Labute approximate surface area is 353 Å². The molecule has 0 N–H and O–H groups in total. The van der Waals surface area contributed by atoms with Crippen molar-refractivity contribution in [1.29, 1.82) is 0 Å². The van der Waals surface area contributed by atoms with E-state index in [2.05, 4.69) is 0 Å². The smallest absolute Gasteiger partial charge is 0.272 e. The van der Waals surface area contributed by atoms with Gasteiger partial charge in [0.05, 0.1) is 116 Å². The minimum atomic E-state index is -0.795. The third-order valence-corrected chi connectivity index (χ3v) is 12.3. The van der Waals surface area contributed by atoms with E-state index in [1.165, 1.54) is 0 Å². The van der Waals surface area contributed by atoms with Gasteiger partial charge < -0.3 is 71.1 Å². The van der Waals surface area contributed by atoms with E-state index in [9.17, 15) is 0 Å². The SMILES string of the molecule is COCCOCCOC1C2OC3CC([C@H]2OCCO[C@H](C)CO[C@@H]2C4OC5O[C@@H](C4OCc4ccccc4)C(OCc4ccccc4)[C@H]2O5)[C@H](OCCOCCOC)[C@@H]1C3. The number of hydrogen-bond acceptors (Lipinski definition) is 15. The third-order valence-electron chi connectivity index (χ3n) is 12.3. The maximum Gasteiger partial charge on any atom is 0.272 e. The lowest BCUT2D eigenvalue weighted by molar-refractivity contribution is -0.489. The number of rotatable bonds is 28. The molecule has 10 rings (SSSR count). The molecule has 15 heteroatoms. The summed E-state index contributed by atoms with van der Waals surface area (Å²) in [5.41, 5.74) is 2.12. The quantitative estimate of drug-likeness (QED) is 0.115. The Bertz CT molecular complexity index is 1430. The maximum absolute atomic E-state index is 6.64. The van der Waals surface area contributed by atoms with Crippen LogP contribution in [0.1, 0.15) is 30.9 Å². The normalized spacial score (nSPS) is 35.4. The molecule has 8 fully saturated rings. The summed E-state index contributed by atoms with van der Waals surface area (Å²) in [6.07, 6.45) is -1.36. The number of methoxy groups -OCH3 is 2. The van der Waals surface area contributed by atoms with Crippen LogP contribution in [-0.2, 0) is 84.3 Å². The van der Waals surface area contributed by atoms with Crippen LogP contribution in [0.3, 0.4) is 0 Å². The lowest BCUT2D eigenvalue weighted by Crippen LogP contribution is -2.76. The zero-order valence-electron chi connectivity index (χ0n) is 35.2. The van der Waals surface area contributed by atoms with Crippen LogP contribution in [0.15, 0.2) is 60.7 Å². The van der Waals surface area contributed by atoms with Crippen molar-refractivity contribution in [3.05, 3.63) is 71.8 Å². The Hall–Kier alpha value is -2.16. The summed E-state index contributed by atoms with van der Waals surface area (Å²) < 4.78 is 92.6. The molecule has 8 aliphatic rings. The van der Waals surface area contributed by atoms with Gasteiger partial charge in [-0.15, -0.1) is 0 Å². The number of benzene rings is 2. The van der Waals surface area contributed by atoms with Crippen LogP contribution in [0.25, 0.3) is 0 Å². The first-order valence-electron chi connectivity index (χ1n) is 21.8. The molecule has 0 spiro atoms. The lowest BCUT2D eigenvalue weighted by Gasteiger charge is -2.60. The van der Waals surface area contributed by atoms with Gasteiger partial charge in [0.2, 0.25) is 0 Å². The molecule has 60 heavy (non-hydrogen) atoms. The van der Waals surface area contributed by atoms with Gasteiger partial charge in [-0.05, 0) is 30.9 Å². The van der Waals surface area contributed by atoms with Crippen LogP contribution >= 0.6 is 0 Å². The van der Waals surface area contributed by atoms with Crippen molar-refractivity contribution in [3.63, 3.8) is 0 Å². The van der Waals surface area contributed by atoms with E-state index in [-0.39, 0.29) is 54.6 Å². The van der Waals surface area contributed by atoms with Gasteiger partial charge >= 0.3 is 0 Å². The van der Waals surface area contributed by atoms with Crippen molar-refractivity contribution in [2.24, 2.45) is 11.8 Å². The predicted octanol–water partition coefficient (Wildman–Crippen LogP) is 3.72. The van der Waals surface area contributed by atoms with Crippen molar-refractivity contribution in [1.82, 2.24) is 0 Å². The monoisotopic (exact) mass is 844 g/mol. The van der Waals surface area contributed by atoms with Gasteiger partial charge in [-0.3, -0.25) is 0 Å². The minimum Gasteiger partial charge on any atom is -0.382 e. The van der Waals surface area contributed by atoms with E-state index in [1.807, 2.05) is 67.6 Å². The molecule has 0 amide bonds. The van der Waals surface area contributed by atoms with Crippen molar-refractivity contribution >= 4 is 0 Å². The molecular weight excluding hydrogens is 780 g/mol. The molecule has 2 aromatic rings. The Morgan fingerprint density at radius 1 is 0.483 bits per heavy atom. The molecule has 334 valence electrons. The molecule has 3 aliphatic carbocycles. The summed E-state index contributed by atoms with van der Waals surface area (Å²) >= 11 is 0. The fourth-order valence-corrected chi connectivity index (χ4v) is 9.65. The molecule has 8 bridgehead atoms. The average Bonchev–Trinajstić information content (AvgIpc) is 3.27. The van der Waals surface area contributed by atoms with E-state index in [1.54, 1.807) is 14.2 Å². The molecule has 5 heterocycles. The molecule has 5 aliphatic heterocycles. The highest BCUT2D eigenvalue weighted by Crippen LogP contribution is 2.51. The summed E-state index contributed by atoms with van der Waals surface area (Å²) in [6.45, 7) is 7.14. The second kappa shape index (κ2) is 22.5. The van der Waals surface area contributed by atoms with E-state index in [4.69, 9.17) is 71.1 Å². The molecule has 8 unspecified atom stereocenters. The lowest BCUT2D eigenvalue weighted by atomic mass is 9.62. The zero-order chi connectivity index (χ0) is 41.1. The fourth-order valence-electron chi connectivity index (χ4n) is 9.65. The predicted molar refractivity (Wildman–Crippen MR) is 213 cm³/mol. The fraction of sp³-hybridized carbons (Fsp3) is 0.733. The van der Waals surface area contributed by atoms with Gasteiger partial charge in [-0.2, -0.15) is 0 Å². The molecule has 15 atom stereocenters. The van der Waals surface area contributed by atoms with Crippen LogP contribution in [0.2, 0.25) is 0 Å². The van der Waals surface area contributed by atoms with Crippen molar-refractivity contribution in [2.75, 3.05) is 86.9 Å². The molecule has 15 nitrogen and oxygen atoms in total. The summed E-state index contributed by atoms with van der Waals surface area (Å²) in [5.74, 6) is 0.384. The van der Waals surface area contributed by atoms with E-state index < -0.39 is 37.0 Å². The van der Waals surface area contributed by atoms with E-state index in [0.717, 1.165) is 24.0 Å². The zero-order valence-corrected chi connectivity index (χ0v) is 35.2. The van der Waals surface area contributed by atoms with Crippen LogP contribution in [0, 0.1) is 11.8 Å². The molecule has 5 saturated heterocycles. The van der Waals surface area contributed by atoms with Gasteiger partial charge in [0.25, 0.3) is 6.48 Å². The van der Waals surface area contributed by atoms with Crippen molar-refractivity contribution in [3.8, 4) is 0 Å². The van der Waals surface area contributed by atoms with E-state index in [0.29, 0.717) is 85.9 Å². The Balaban J connectivity index is 0.851. The Morgan fingerprint density at radius 2 is 0.933 bits per heavy atom. The first-order chi connectivity index (χ1) is 29.6. The first-order valence-corrected chi connectivity index (χ1v) is 21.8. The van der Waals surface area contributed by atoms with Crippen LogP contribution in [0.5, 0.6) is 0 Å². The first kappa shape index (κ1) is 44.4. The van der Waals surface area contributed by atoms with Crippen molar-refractivity contribution < 1.29 is 71.1 Å². The van der Waals surface area contributed by atoms with Gasteiger partial charge in [0, 0.05) is 26.1 Å². The molecular formula is C45H64O15. The Morgan fingerprint density at radius 3 is 1.45 bits per heavy atom. The highest BCUT2D eigenvalue weighted by molar-refractivity contribution is 5.16. The summed E-state index contributed by atoms with van der Waals surface area (Å²) in [7, 11) is 3.33. The summed E-state index contributed by atoms with van der Waals surface area (Å²) in [6, 6.07) is 20.2. The maximum atomic E-state index is 6.64. The second-order valence-corrected chi connectivity index (χ2v) is 16.3. The van der Waals surface area contributed by atoms with Crippen molar-refractivity contribution in [2.45, 2.75) is 113 Å². The molecule has 0 aromatic heterocycles. The summed E-state index contributed by atoms with van der Waals surface area (Å²) in [4.78, 5) is 0. The number of ether oxygens (including phenoxy) is 15. The number of hydrogen-bond donors (Lipinski definition) is 0. The summed E-state index contributed by atoms with van der Waals surface area (Å²) in [5, 5.41) is 0. The highest BCUT2D eigenvalue weighted by atomic mass is 16.9. The molecule has 0 radical (unpaired) electrons. The standard InChI is InChI=1S/C45H64O15/c1-29(26-54-38-42-39(55-27-30-10-6-4-7-11-30)44-40(43(38)59-45(58-42)60-44)56-28-31-12-8-5-9-13-31)50-22-23-53-37-34-25-32-24-33(35(34)51-20-18-48-16-14-46-2)36(41(37)57-32)52-21-19-49-17-15-47-3/h4-13,29,32-45H,14-28H2,1-3H3/t29-,32?,33+,34?,35-,36?,37-,38-,39?,40?,41?,42?,43+,44+,45?/m1/s1. The Kier molecular flexibility index (Phi) is 16.6. The average molecular weight is 845 g/mol. The van der Waals surface area contributed by atoms with E-state index >= 15 is 0 Å². The third kappa shape index (κ3) is 11.0. The van der Waals surface area contributed by atoms with Gasteiger partial charge in [0.1, 0.15) is 42.7 Å². The molecule has 2 aromatic carbocycles. The van der Waals surface area contributed by atoms with Crippen LogP contribution < -0.4 is 0 Å². The van der Waals surface area contributed by atoms with Gasteiger partial charge in [0.15, 0.2) is 0 Å². The van der Waals surface area contributed by atoms with Crippen LogP contribution in [0.4, 0.5) is 0 Å². The second-order valence-electron chi connectivity index (χ2n) is 16.3. The van der Waals surface area contributed by atoms with Crippen LogP contribution in [-0.4, -0.2) is 167 Å². The minimum absolute atomic E-state index is 0.0260. The van der Waals surface area contributed by atoms with Gasteiger partial charge in [-0.1, -0.05) is 60.7 Å². The largest absolute Gasteiger partial charge is 0.382 e. The topological polar surface area (TPSA) is 138 Å². The molecule has 3 saturated carbocycles. The van der Waals surface area contributed by atoms with Gasteiger partial charge in [-0.25, -0.2) is 0 Å². The highest BCUT2D eigenvalue weighted by Gasteiger charge is 2.64.